The zero-order chi connectivity index (χ0) is 17.3. The Hall–Kier alpha value is -1.99. The smallest absolute Gasteiger partial charge is 0.352 e. The van der Waals surface area contributed by atoms with Crippen LogP contribution in [0.1, 0.15) is 5.56 Å². The van der Waals surface area contributed by atoms with Gasteiger partial charge in [0.25, 0.3) is 5.91 Å². The lowest BCUT2D eigenvalue weighted by atomic mass is 10.0. The molecule has 1 aromatic carbocycles. The summed E-state index contributed by atoms with van der Waals surface area (Å²) in [7, 11) is 0. The van der Waals surface area contributed by atoms with E-state index < -0.39 is 23.3 Å². The third kappa shape index (κ3) is 3.01. The van der Waals surface area contributed by atoms with Gasteiger partial charge in [-0.3, -0.25) is 14.5 Å². The highest BCUT2D eigenvalue weighted by Crippen LogP contribution is 2.40. The van der Waals surface area contributed by atoms with Gasteiger partial charge in [0.2, 0.25) is 5.91 Å². The van der Waals surface area contributed by atoms with Crippen LogP contribution < -0.4 is 5.32 Å². The first-order valence-electron chi connectivity index (χ1n) is 7.32. The Morgan fingerprint density at radius 1 is 1.33 bits per heavy atom. The number of alkyl halides is 1. The lowest BCUT2D eigenvalue weighted by molar-refractivity contribution is -0.150. The molecule has 2 amide bonds. The maximum absolute atomic E-state index is 12.3. The molecule has 1 aromatic rings. The standard InChI is InChI=1S/C16H15ClN2O4S/c17-7-10-8-24-15-12(14(21)19(15)13(10)16(22)23)18-11(20)6-9-4-2-1-3-5-9/h1-5,12,15H,6-8H2,(H,18,20)(H,22,23)/t12-,15+/m1/s1. The number of thioether (sulfide) groups is 1. The van der Waals surface area contributed by atoms with Gasteiger partial charge in [0.15, 0.2) is 0 Å². The van der Waals surface area contributed by atoms with Gasteiger partial charge in [-0.15, -0.1) is 23.4 Å². The quantitative estimate of drug-likeness (QED) is 0.604. The zero-order valence-corrected chi connectivity index (χ0v) is 14.1. The largest absolute Gasteiger partial charge is 0.477 e. The number of β-lactam (4-membered cyclic amide) rings is 1. The summed E-state index contributed by atoms with van der Waals surface area (Å²) in [5.74, 6) is -1.34. The van der Waals surface area contributed by atoms with Gasteiger partial charge < -0.3 is 10.4 Å². The maximum Gasteiger partial charge on any atom is 0.352 e. The molecule has 24 heavy (non-hydrogen) atoms. The molecule has 0 saturated carbocycles. The fraction of sp³-hybridized carbons (Fsp3) is 0.312. The van der Waals surface area contributed by atoms with E-state index in [4.69, 9.17) is 11.6 Å². The van der Waals surface area contributed by atoms with E-state index in [-0.39, 0.29) is 23.9 Å². The monoisotopic (exact) mass is 366 g/mol. The molecule has 126 valence electrons. The summed E-state index contributed by atoms with van der Waals surface area (Å²) >= 11 is 7.18. The SMILES string of the molecule is O=C(Cc1ccccc1)N[C@@H]1C(=O)N2C(C(=O)O)=C(CCl)CS[C@@H]12. The first-order valence-corrected chi connectivity index (χ1v) is 8.90. The predicted octanol–water partition coefficient (Wildman–Crippen LogP) is 1.21. The number of hydrogen-bond acceptors (Lipinski definition) is 4. The molecule has 8 heteroatoms. The number of carbonyl (C=O) groups is 3. The molecule has 0 aromatic heterocycles. The molecule has 2 aliphatic heterocycles. The van der Waals surface area contributed by atoms with E-state index in [0.717, 1.165) is 5.56 Å². The van der Waals surface area contributed by atoms with Gasteiger partial charge in [-0.05, 0) is 11.1 Å². The molecule has 0 spiro atoms. The van der Waals surface area contributed by atoms with Crippen molar-refractivity contribution in [1.82, 2.24) is 10.2 Å². The van der Waals surface area contributed by atoms with E-state index in [1.54, 1.807) is 0 Å². The fourth-order valence-electron chi connectivity index (χ4n) is 2.79. The van der Waals surface area contributed by atoms with Crippen LogP contribution in [0.3, 0.4) is 0 Å². The number of amides is 2. The van der Waals surface area contributed by atoms with Crippen LogP contribution >= 0.6 is 23.4 Å². The lowest BCUT2D eigenvalue weighted by Gasteiger charge is -2.49. The van der Waals surface area contributed by atoms with Crippen LogP contribution in [-0.4, -0.2) is 50.8 Å². The number of hydrogen-bond donors (Lipinski definition) is 2. The highest BCUT2D eigenvalue weighted by atomic mass is 35.5. The number of carboxylic acid groups (broad SMARTS) is 1. The number of nitrogens with zero attached hydrogens (tertiary/aromatic N) is 1. The molecule has 1 saturated heterocycles. The van der Waals surface area contributed by atoms with Crippen molar-refractivity contribution in [2.75, 3.05) is 11.6 Å². The third-order valence-corrected chi connectivity index (χ3v) is 5.60. The normalized spacial score (nSPS) is 22.7. The van der Waals surface area contributed by atoms with Crippen molar-refractivity contribution in [3.05, 3.63) is 47.2 Å². The summed E-state index contributed by atoms with van der Waals surface area (Å²) < 4.78 is 0. The molecule has 1 fully saturated rings. The van der Waals surface area contributed by atoms with Crippen LogP contribution in [0.25, 0.3) is 0 Å². The number of fused-ring (bicyclic) bond motifs is 1. The molecule has 0 aliphatic carbocycles. The number of halogens is 1. The number of benzene rings is 1. The van der Waals surface area contributed by atoms with Crippen LogP contribution in [0, 0.1) is 0 Å². The number of carboxylic acids is 1. The second-order valence-electron chi connectivity index (χ2n) is 5.51. The minimum atomic E-state index is -1.17. The number of nitrogens with one attached hydrogen (secondary N) is 1. The molecule has 0 radical (unpaired) electrons. The molecular formula is C16H15ClN2O4S. The van der Waals surface area contributed by atoms with Crippen LogP contribution in [0.5, 0.6) is 0 Å². The molecule has 6 nitrogen and oxygen atoms in total. The third-order valence-electron chi connectivity index (χ3n) is 3.94. The Morgan fingerprint density at radius 2 is 2.04 bits per heavy atom. The Bertz CT molecular complexity index is 722. The predicted molar refractivity (Wildman–Crippen MR) is 90.6 cm³/mol. The van der Waals surface area contributed by atoms with E-state index in [1.165, 1.54) is 16.7 Å². The average molecular weight is 367 g/mol. The van der Waals surface area contributed by atoms with E-state index in [1.807, 2.05) is 30.3 Å². The van der Waals surface area contributed by atoms with Gasteiger partial charge in [0.1, 0.15) is 17.1 Å². The number of rotatable bonds is 5. The van der Waals surface area contributed by atoms with Crippen LogP contribution in [0.15, 0.2) is 41.6 Å². The van der Waals surface area contributed by atoms with Crippen LogP contribution in [0.2, 0.25) is 0 Å². The lowest BCUT2D eigenvalue weighted by Crippen LogP contribution is -2.70. The second kappa shape index (κ2) is 6.86. The molecular weight excluding hydrogens is 352 g/mol. The van der Waals surface area contributed by atoms with Gasteiger partial charge in [-0.1, -0.05) is 30.3 Å². The fourth-order valence-corrected chi connectivity index (χ4v) is 4.47. The molecule has 2 heterocycles. The summed E-state index contributed by atoms with van der Waals surface area (Å²) in [6.07, 6.45) is 0.177. The Morgan fingerprint density at radius 3 is 2.67 bits per heavy atom. The average Bonchev–Trinajstić information content (AvgIpc) is 2.58. The van der Waals surface area contributed by atoms with E-state index in [9.17, 15) is 19.5 Å². The minimum Gasteiger partial charge on any atom is -0.477 e. The Labute approximate surface area is 147 Å². The van der Waals surface area contributed by atoms with Crippen molar-refractivity contribution in [1.29, 1.82) is 0 Å². The molecule has 0 unspecified atom stereocenters. The minimum absolute atomic E-state index is 0.0488. The highest BCUT2D eigenvalue weighted by Gasteiger charge is 2.53. The van der Waals surface area contributed by atoms with Crippen molar-refractivity contribution in [2.45, 2.75) is 17.8 Å². The van der Waals surface area contributed by atoms with Crippen molar-refractivity contribution >= 4 is 41.1 Å². The topological polar surface area (TPSA) is 86.7 Å². The van der Waals surface area contributed by atoms with E-state index >= 15 is 0 Å². The van der Waals surface area contributed by atoms with Gasteiger partial charge in [0.05, 0.1) is 6.42 Å². The molecule has 2 N–H and O–H groups in total. The van der Waals surface area contributed by atoms with Gasteiger partial charge in [-0.2, -0.15) is 0 Å². The number of aliphatic carboxylic acids is 1. The van der Waals surface area contributed by atoms with Gasteiger partial charge >= 0.3 is 5.97 Å². The van der Waals surface area contributed by atoms with Crippen LogP contribution in [-0.2, 0) is 20.8 Å². The summed E-state index contributed by atoms with van der Waals surface area (Å²) in [5.41, 5.74) is 1.32. The summed E-state index contributed by atoms with van der Waals surface area (Å²) in [5, 5.41) is 11.6. The van der Waals surface area contributed by atoms with E-state index in [2.05, 4.69) is 5.32 Å². The van der Waals surface area contributed by atoms with Crippen molar-refractivity contribution < 1.29 is 19.5 Å². The van der Waals surface area contributed by atoms with Crippen molar-refractivity contribution in [3.63, 3.8) is 0 Å². The van der Waals surface area contributed by atoms with Gasteiger partial charge in [-0.25, -0.2) is 4.79 Å². The van der Waals surface area contributed by atoms with E-state index in [0.29, 0.717) is 11.3 Å². The molecule has 2 atom stereocenters. The first kappa shape index (κ1) is 16.9. The Kier molecular flexibility index (Phi) is 4.82. The van der Waals surface area contributed by atoms with Crippen molar-refractivity contribution in [2.24, 2.45) is 0 Å². The molecule has 0 bridgehead atoms. The molecule has 3 rings (SSSR count). The molecule has 2 aliphatic rings. The Balaban J connectivity index is 1.69. The summed E-state index contributed by atoms with van der Waals surface area (Å²) in [6.45, 7) is 0. The first-order chi connectivity index (χ1) is 11.5. The number of carbonyl (C=O) groups excluding carboxylic acids is 2. The van der Waals surface area contributed by atoms with Gasteiger partial charge in [0, 0.05) is 11.6 Å². The summed E-state index contributed by atoms with van der Waals surface area (Å²) in [6, 6.07) is 8.52. The second-order valence-corrected chi connectivity index (χ2v) is 6.88. The van der Waals surface area contributed by atoms with Crippen LogP contribution in [0.4, 0.5) is 0 Å². The summed E-state index contributed by atoms with van der Waals surface area (Å²) in [4.78, 5) is 37.1. The zero-order valence-electron chi connectivity index (χ0n) is 12.6. The van der Waals surface area contributed by atoms with Crippen molar-refractivity contribution in [3.8, 4) is 0 Å². The maximum atomic E-state index is 12.3. The highest BCUT2D eigenvalue weighted by molar-refractivity contribution is 8.00.